The number of guanidine groups is 1. The first-order valence-electron chi connectivity index (χ1n) is 8.51. The van der Waals surface area contributed by atoms with Crippen LogP contribution in [0.3, 0.4) is 0 Å². The smallest absolute Gasteiger partial charge is 0.229 e. The lowest BCUT2D eigenvalue weighted by Gasteiger charge is -2.19. The first-order valence-corrected chi connectivity index (χ1v) is 8.51. The Balaban J connectivity index is 0.00000261. The Morgan fingerprint density at radius 2 is 1.93 bits per heavy atom. The minimum absolute atomic E-state index is 0. The van der Waals surface area contributed by atoms with Crippen molar-refractivity contribution >= 4 is 41.5 Å². The number of aliphatic imine (C=N–C) groups is 1. The lowest BCUT2D eigenvalue weighted by molar-refractivity contribution is -0.117. The van der Waals surface area contributed by atoms with Crippen molar-refractivity contribution in [1.29, 1.82) is 5.26 Å². The Hall–Kier alpha value is -2.60. The molecule has 0 radical (unpaired) electrons. The van der Waals surface area contributed by atoms with Crippen LogP contribution in [0.1, 0.15) is 17.5 Å². The molecule has 7 heteroatoms. The second-order valence-corrected chi connectivity index (χ2v) is 6.12. The van der Waals surface area contributed by atoms with E-state index in [1.807, 2.05) is 42.5 Å². The summed E-state index contributed by atoms with van der Waals surface area (Å²) in [6.45, 7) is 1.20. The van der Waals surface area contributed by atoms with Crippen LogP contribution < -0.4 is 15.5 Å². The highest BCUT2D eigenvalue weighted by Crippen LogP contribution is 2.20. The van der Waals surface area contributed by atoms with E-state index in [2.05, 4.69) is 21.7 Å². The lowest BCUT2D eigenvalue weighted by atomic mass is 10.1. The van der Waals surface area contributed by atoms with Crippen molar-refractivity contribution in [2.24, 2.45) is 4.99 Å². The third-order valence-corrected chi connectivity index (χ3v) is 4.30. The van der Waals surface area contributed by atoms with Gasteiger partial charge < -0.3 is 15.5 Å². The normalized spacial score (nSPS) is 16.4. The van der Waals surface area contributed by atoms with Crippen molar-refractivity contribution in [2.75, 3.05) is 18.5 Å². The number of nitrogens with zero attached hydrogens (tertiary/aromatic N) is 3. The molecule has 2 aromatic carbocycles. The molecule has 2 N–H and O–H groups in total. The molecule has 1 heterocycles. The summed E-state index contributed by atoms with van der Waals surface area (Å²) in [5.74, 6) is 0.762. The molecule has 1 amide bonds. The molecule has 0 aliphatic carbocycles. The number of halogens is 1. The van der Waals surface area contributed by atoms with Gasteiger partial charge in [0.25, 0.3) is 0 Å². The van der Waals surface area contributed by atoms with Crippen LogP contribution in [0.2, 0.25) is 0 Å². The summed E-state index contributed by atoms with van der Waals surface area (Å²) in [4.78, 5) is 18.3. The first-order chi connectivity index (χ1) is 12.7. The van der Waals surface area contributed by atoms with Crippen molar-refractivity contribution in [1.82, 2.24) is 10.6 Å². The van der Waals surface area contributed by atoms with E-state index in [1.165, 1.54) is 0 Å². The molecule has 1 aliphatic rings. The Kier molecular flexibility index (Phi) is 7.61. The molecule has 140 valence electrons. The molecule has 1 aliphatic heterocycles. The van der Waals surface area contributed by atoms with Gasteiger partial charge in [0.2, 0.25) is 5.91 Å². The van der Waals surface area contributed by atoms with E-state index >= 15 is 0 Å². The van der Waals surface area contributed by atoms with Gasteiger partial charge in [-0.25, -0.2) is 0 Å². The number of para-hydroxylation sites is 1. The Morgan fingerprint density at radius 3 is 2.56 bits per heavy atom. The van der Waals surface area contributed by atoms with Crippen molar-refractivity contribution in [3.63, 3.8) is 0 Å². The number of carbonyl (C=O) groups is 1. The van der Waals surface area contributed by atoms with Crippen molar-refractivity contribution < 1.29 is 4.79 Å². The van der Waals surface area contributed by atoms with Gasteiger partial charge >= 0.3 is 0 Å². The topological polar surface area (TPSA) is 80.5 Å². The van der Waals surface area contributed by atoms with Gasteiger partial charge in [-0.15, -0.1) is 24.0 Å². The molecule has 0 saturated carbocycles. The number of carbonyl (C=O) groups excluding carboxylic acids is 1. The van der Waals surface area contributed by atoms with Crippen LogP contribution in [-0.2, 0) is 11.3 Å². The maximum absolute atomic E-state index is 12.3. The van der Waals surface area contributed by atoms with Crippen LogP contribution in [0.5, 0.6) is 0 Å². The highest BCUT2D eigenvalue weighted by Gasteiger charge is 2.30. The Morgan fingerprint density at radius 1 is 1.22 bits per heavy atom. The monoisotopic (exact) mass is 475 g/mol. The summed E-state index contributed by atoms with van der Waals surface area (Å²) in [7, 11) is 1.71. The molecular weight excluding hydrogens is 453 g/mol. The molecule has 1 atom stereocenters. The Labute approximate surface area is 176 Å². The van der Waals surface area contributed by atoms with Crippen LogP contribution in [0.15, 0.2) is 59.6 Å². The molecule has 27 heavy (non-hydrogen) atoms. The SMILES string of the molecule is CN=C(NCc1ccc(C#N)cc1)NC1CC(=O)N(c2ccccc2)C1.I. The highest BCUT2D eigenvalue weighted by molar-refractivity contribution is 14.0. The fraction of sp³-hybridized carbons (Fsp3) is 0.250. The molecule has 3 rings (SSSR count). The van der Waals surface area contributed by atoms with E-state index in [9.17, 15) is 4.79 Å². The predicted molar refractivity (Wildman–Crippen MR) is 117 cm³/mol. The molecule has 0 spiro atoms. The number of anilines is 1. The maximum Gasteiger partial charge on any atom is 0.229 e. The zero-order valence-electron chi connectivity index (χ0n) is 15.1. The average Bonchev–Trinajstić information content (AvgIpc) is 3.06. The zero-order chi connectivity index (χ0) is 18.4. The molecule has 0 bridgehead atoms. The standard InChI is InChI=1S/C20H21N5O.HI/c1-22-20(23-13-16-9-7-15(12-21)8-10-16)24-17-11-19(26)25(14-17)18-5-3-2-4-6-18;/h2-10,17H,11,13-14H2,1H3,(H2,22,23,24);1H. The van der Waals surface area contributed by atoms with Crippen LogP contribution in [0.25, 0.3) is 0 Å². The third kappa shape index (κ3) is 5.44. The summed E-state index contributed by atoms with van der Waals surface area (Å²) < 4.78 is 0. The van der Waals surface area contributed by atoms with Gasteiger partial charge in [-0.1, -0.05) is 30.3 Å². The van der Waals surface area contributed by atoms with Gasteiger partial charge in [-0.2, -0.15) is 5.26 Å². The van der Waals surface area contributed by atoms with Crippen LogP contribution in [0, 0.1) is 11.3 Å². The number of rotatable bonds is 4. The lowest BCUT2D eigenvalue weighted by Crippen LogP contribution is -2.44. The molecule has 6 nitrogen and oxygen atoms in total. The van der Waals surface area contributed by atoms with Crippen LogP contribution >= 0.6 is 24.0 Å². The number of nitriles is 1. The summed E-state index contributed by atoms with van der Waals surface area (Å²) in [6.07, 6.45) is 0.437. The summed E-state index contributed by atoms with van der Waals surface area (Å²) >= 11 is 0. The molecule has 1 saturated heterocycles. The van der Waals surface area contributed by atoms with Gasteiger partial charge in [-0.3, -0.25) is 9.79 Å². The quantitative estimate of drug-likeness (QED) is 0.405. The number of amides is 1. The van der Waals surface area contributed by atoms with Crippen molar-refractivity contribution in [3.05, 3.63) is 65.7 Å². The number of hydrogen-bond donors (Lipinski definition) is 2. The summed E-state index contributed by atoms with van der Waals surface area (Å²) in [5, 5.41) is 15.4. The summed E-state index contributed by atoms with van der Waals surface area (Å²) in [6, 6.07) is 19.2. The van der Waals surface area contributed by atoms with Gasteiger partial charge in [0.05, 0.1) is 17.7 Å². The van der Waals surface area contributed by atoms with Crippen molar-refractivity contribution in [2.45, 2.75) is 19.0 Å². The van der Waals surface area contributed by atoms with Gasteiger partial charge in [0, 0.05) is 32.2 Å². The predicted octanol–water partition coefficient (Wildman–Crippen LogP) is 2.65. The number of hydrogen-bond acceptors (Lipinski definition) is 3. The van der Waals surface area contributed by atoms with Gasteiger partial charge in [-0.05, 0) is 29.8 Å². The molecule has 2 aromatic rings. The molecule has 1 unspecified atom stereocenters. The second-order valence-electron chi connectivity index (χ2n) is 6.12. The number of benzene rings is 2. The van der Waals surface area contributed by atoms with E-state index in [0.717, 1.165) is 11.3 Å². The Bertz CT molecular complexity index is 830. The van der Waals surface area contributed by atoms with E-state index in [-0.39, 0.29) is 35.9 Å². The second kappa shape index (κ2) is 9.92. The van der Waals surface area contributed by atoms with E-state index in [1.54, 1.807) is 24.1 Å². The van der Waals surface area contributed by atoms with E-state index in [4.69, 9.17) is 5.26 Å². The highest BCUT2D eigenvalue weighted by atomic mass is 127. The average molecular weight is 475 g/mol. The fourth-order valence-electron chi connectivity index (χ4n) is 2.93. The minimum Gasteiger partial charge on any atom is -0.352 e. The van der Waals surface area contributed by atoms with Crippen molar-refractivity contribution in [3.8, 4) is 6.07 Å². The fourth-order valence-corrected chi connectivity index (χ4v) is 2.93. The first kappa shape index (κ1) is 20.7. The number of nitrogens with one attached hydrogen (secondary N) is 2. The third-order valence-electron chi connectivity index (χ3n) is 4.30. The van der Waals surface area contributed by atoms with E-state index in [0.29, 0.717) is 31.0 Å². The van der Waals surface area contributed by atoms with Crippen LogP contribution in [0.4, 0.5) is 5.69 Å². The summed E-state index contributed by atoms with van der Waals surface area (Å²) in [5.41, 5.74) is 2.62. The zero-order valence-corrected chi connectivity index (χ0v) is 17.4. The molecule has 1 fully saturated rings. The maximum atomic E-state index is 12.3. The minimum atomic E-state index is 0. The van der Waals surface area contributed by atoms with Gasteiger partial charge in [0.15, 0.2) is 5.96 Å². The van der Waals surface area contributed by atoms with Gasteiger partial charge in [0.1, 0.15) is 0 Å². The molecule has 0 aromatic heterocycles. The largest absolute Gasteiger partial charge is 0.352 e. The van der Waals surface area contributed by atoms with E-state index < -0.39 is 0 Å². The van der Waals surface area contributed by atoms with Crippen LogP contribution in [-0.4, -0.2) is 31.5 Å². The molecular formula is C20H22IN5O.